The Morgan fingerprint density at radius 3 is 2.72 bits per heavy atom. The first-order valence-corrected chi connectivity index (χ1v) is 10.9. The Bertz CT molecular complexity index is 937. The van der Waals surface area contributed by atoms with Crippen LogP contribution in [0, 0.1) is 6.92 Å². The average molecular weight is 411 g/mol. The summed E-state index contributed by atoms with van der Waals surface area (Å²) in [6.45, 7) is 2.77. The molecule has 0 radical (unpaired) electrons. The molecule has 1 aliphatic rings. The molecule has 8 heteroatoms. The standard InChI is InChI=1S/C21H26N6OS/c1-14-10-17(26-20(25-14)28-16-6-4-3-5-7-16)18-13-24-21(29-18)27-19-9-8-15(11-22-2)12-23-19/h8-10,12-13,16,22H,3-7,11H2,1-2H3,(H,23,24,27). The molecule has 29 heavy (non-hydrogen) atoms. The Kier molecular flexibility index (Phi) is 6.31. The lowest BCUT2D eigenvalue weighted by molar-refractivity contribution is 0.142. The Balaban J connectivity index is 1.46. The molecule has 0 aliphatic heterocycles. The van der Waals surface area contributed by atoms with E-state index >= 15 is 0 Å². The first-order valence-electron chi connectivity index (χ1n) is 10.0. The second kappa shape index (κ2) is 9.28. The van der Waals surface area contributed by atoms with E-state index in [0.717, 1.165) is 52.2 Å². The lowest BCUT2D eigenvalue weighted by Crippen LogP contribution is -2.21. The molecule has 2 N–H and O–H groups in total. The van der Waals surface area contributed by atoms with E-state index in [0.29, 0.717) is 6.01 Å². The van der Waals surface area contributed by atoms with Gasteiger partial charge in [0.1, 0.15) is 11.9 Å². The minimum atomic E-state index is 0.231. The first kappa shape index (κ1) is 19.7. The van der Waals surface area contributed by atoms with Crippen molar-refractivity contribution in [1.29, 1.82) is 0 Å². The van der Waals surface area contributed by atoms with Crippen molar-refractivity contribution < 1.29 is 4.74 Å². The van der Waals surface area contributed by atoms with E-state index in [1.165, 1.54) is 30.6 Å². The average Bonchev–Trinajstić information content (AvgIpc) is 3.19. The smallest absolute Gasteiger partial charge is 0.317 e. The summed E-state index contributed by atoms with van der Waals surface area (Å²) in [7, 11) is 1.92. The van der Waals surface area contributed by atoms with Crippen LogP contribution in [0.5, 0.6) is 6.01 Å². The van der Waals surface area contributed by atoms with Crippen LogP contribution in [0.25, 0.3) is 10.6 Å². The van der Waals surface area contributed by atoms with Gasteiger partial charge in [0, 0.05) is 24.6 Å². The van der Waals surface area contributed by atoms with E-state index in [4.69, 9.17) is 4.74 Å². The van der Waals surface area contributed by atoms with Gasteiger partial charge in [-0.15, -0.1) is 0 Å². The fourth-order valence-electron chi connectivity index (χ4n) is 3.42. The second-order valence-corrected chi connectivity index (χ2v) is 8.32. The van der Waals surface area contributed by atoms with E-state index in [-0.39, 0.29) is 6.10 Å². The lowest BCUT2D eigenvalue weighted by Gasteiger charge is -2.21. The molecule has 1 fully saturated rings. The first-order chi connectivity index (χ1) is 14.2. The Morgan fingerprint density at radius 1 is 1.10 bits per heavy atom. The Morgan fingerprint density at radius 2 is 1.97 bits per heavy atom. The summed E-state index contributed by atoms with van der Waals surface area (Å²) in [5.41, 5.74) is 2.87. The maximum absolute atomic E-state index is 6.06. The summed E-state index contributed by atoms with van der Waals surface area (Å²) in [5, 5.41) is 7.15. The van der Waals surface area contributed by atoms with Crippen molar-refractivity contribution in [1.82, 2.24) is 25.3 Å². The molecule has 7 nitrogen and oxygen atoms in total. The van der Waals surface area contributed by atoms with Gasteiger partial charge in [0.05, 0.1) is 10.6 Å². The molecule has 3 heterocycles. The largest absolute Gasteiger partial charge is 0.460 e. The number of nitrogens with zero attached hydrogens (tertiary/aromatic N) is 4. The fourth-order valence-corrected chi connectivity index (χ4v) is 4.20. The van der Waals surface area contributed by atoms with Crippen LogP contribution in [0.15, 0.2) is 30.6 Å². The fraction of sp³-hybridized carbons (Fsp3) is 0.429. The second-order valence-electron chi connectivity index (χ2n) is 7.29. The molecule has 1 saturated carbocycles. The van der Waals surface area contributed by atoms with Gasteiger partial charge >= 0.3 is 6.01 Å². The minimum absolute atomic E-state index is 0.231. The highest BCUT2D eigenvalue weighted by atomic mass is 32.1. The molecule has 3 aromatic rings. The van der Waals surface area contributed by atoms with Gasteiger partial charge in [-0.25, -0.2) is 15.0 Å². The molecule has 0 atom stereocenters. The summed E-state index contributed by atoms with van der Waals surface area (Å²) in [6, 6.07) is 6.44. The predicted molar refractivity (Wildman–Crippen MR) is 116 cm³/mol. The molecule has 0 aromatic carbocycles. The minimum Gasteiger partial charge on any atom is -0.460 e. The maximum Gasteiger partial charge on any atom is 0.317 e. The number of anilines is 2. The van der Waals surface area contributed by atoms with Crippen LogP contribution in [-0.4, -0.2) is 33.1 Å². The van der Waals surface area contributed by atoms with Crippen LogP contribution in [0.3, 0.4) is 0 Å². The molecular weight excluding hydrogens is 384 g/mol. The van der Waals surface area contributed by atoms with Crippen LogP contribution in [0.1, 0.15) is 43.4 Å². The molecule has 0 bridgehead atoms. The zero-order valence-corrected chi connectivity index (χ0v) is 17.6. The van der Waals surface area contributed by atoms with Crippen LogP contribution in [-0.2, 0) is 6.54 Å². The number of ether oxygens (including phenoxy) is 1. The van der Waals surface area contributed by atoms with Crippen molar-refractivity contribution in [2.75, 3.05) is 12.4 Å². The highest BCUT2D eigenvalue weighted by Gasteiger charge is 2.17. The zero-order chi connectivity index (χ0) is 20.1. The van der Waals surface area contributed by atoms with E-state index in [2.05, 4.69) is 30.6 Å². The number of nitrogens with one attached hydrogen (secondary N) is 2. The Labute approximate surface area is 175 Å². The number of thiazole rings is 1. The number of pyridine rings is 1. The molecule has 4 rings (SSSR count). The molecule has 0 amide bonds. The van der Waals surface area contributed by atoms with E-state index in [9.17, 15) is 0 Å². The van der Waals surface area contributed by atoms with Crippen molar-refractivity contribution in [2.24, 2.45) is 0 Å². The third-order valence-electron chi connectivity index (χ3n) is 4.86. The van der Waals surface area contributed by atoms with Crippen LogP contribution in [0.2, 0.25) is 0 Å². The number of aromatic nitrogens is 4. The SMILES string of the molecule is CNCc1ccc(Nc2ncc(-c3cc(C)nc(OC4CCCCC4)n3)s2)nc1. The van der Waals surface area contributed by atoms with Crippen LogP contribution in [0.4, 0.5) is 10.9 Å². The molecule has 0 spiro atoms. The number of hydrogen-bond donors (Lipinski definition) is 2. The molecule has 152 valence electrons. The predicted octanol–water partition coefficient (Wildman–Crippen LogP) is 4.48. The number of hydrogen-bond acceptors (Lipinski definition) is 8. The summed E-state index contributed by atoms with van der Waals surface area (Å²) < 4.78 is 6.06. The van der Waals surface area contributed by atoms with Crippen molar-refractivity contribution in [3.63, 3.8) is 0 Å². The lowest BCUT2D eigenvalue weighted by atomic mass is 9.98. The monoisotopic (exact) mass is 410 g/mol. The summed E-state index contributed by atoms with van der Waals surface area (Å²) in [5.74, 6) is 0.769. The number of rotatable bonds is 7. The summed E-state index contributed by atoms with van der Waals surface area (Å²) in [6.07, 6.45) is 9.82. The molecule has 0 unspecified atom stereocenters. The van der Waals surface area contributed by atoms with Crippen molar-refractivity contribution in [2.45, 2.75) is 51.7 Å². The Hall–Kier alpha value is -2.58. The van der Waals surface area contributed by atoms with Crippen molar-refractivity contribution in [3.05, 3.63) is 41.9 Å². The maximum atomic E-state index is 6.06. The quantitative estimate of drug-likeness (QED) is 0.594. The molecule has 3 aromatic heterocycles. The van der Waals surface area contributed by atoms with Gasteiger partial charge in [-0.05, 0) is 57.4 Å². The van der Waals surface area contributed by atoms with E-state index in [1.54, 1.807) is 0 Å². The molecular formula is C21H26N6OS. The zero-order valence-electron chi connectivity index (χ0n) is 16.8. The third kappa shape index (κ3) is 5.27. The van der Waals surface area contributed by atoms with E-state index in [1.807, 2.05) is 44.6 Å². The summed E-state index contributed by atoms with van der Waals surface area (Å²) >= 11 is 1.54. The molecule has 0 saturated heterocycles. The van der Waals surface area contributed by atoms with Gasteiger partial charge < -0.3 is 15.4 Å². The van der Waals surface area contributed by atoms with Gasteiger partial charge in [0.25, 0.3) is 0 Å². The van der Waals surface area contributed by atoms with Crippen LogP contribution >= 0.6 is 11.3 Å². The summed E-state index contributed by atoms with van der Waals surface area (Å²) in [4.78, 5) is 19.0. The van der Waals surface area contributed by atoms with Crippen molar-refractivity contribution in [3.8, 4) is 16.6 Å². The van der Waals surface area contributed by atoms with Gasteiger partial charge in [-0.2, -0.15) is 4.98 Å². The molecule has 1 aliphatic carbocycles. The highest BCUT2D eigenvalue weighted by Crippen LogP contribution is 2.31. The van der Waals surface area contributed by atoms with Gasteiger partial charge in [-0.3, -0.25) is 0 Å². The highest BCUT2D eigenvalue weighted by molar-refractivity contribution is 7.18. The number of aryl methyl sites for hydroxylation is 1. The van der Waals surface area contributed by atoms with Gasteiger partial charge in [0.2, 0.25) is 0 Å². The van der Waals surface area contributed by atoms with Crippen molar-refractivity contribution >= 4 is 22.3 Å². The van der Waals surface area contributed by atoms with E-state index < -0.39 is 0 Å². The van der Waals surface area contributed by atoms with Crippen LogP contribution < -0.4 is 15.4 Å². The third-order valence-corrected chi connectivity index (χ3v) is 5.79. The topological polar surface area (TPSA) is 84.9 Å². The normalized spacial score (nSPS) is 14.7. The van der Waals surface area contributed by atoms with Gasteiger partial charge in [0.15, 0.2) is 5.13 Å². The van der Waals surface area contributed by atoms with Gasteiger partial charge in [-0.1, -0.05) is 23.8 Å².